The maximum Gasteiger partial charge on any atom is 0.0702 e. The van der Waals surface area contributed by atoms with Crippen LogP contribution < -0.4 is 5.32 Å². The summed E-state index contributed by atoms with van der Waals surface area (Å²) in [5.41, 5.74) is 2.40. The van der Waals surface area contributed by atoms with E-state index in [-0.39, 0.29) is 0 Å². The second-order valence-corrected chi connectivity index (χ2v) is 5.22. The number of nitrogens with one attached hydrogen (secondary N) is 1. The smallest absolute Gasteiger partial charge is 0.0702 e. The van der Waals surface area contributed by atoms with Gasteiger partial charge in [0, 0.05) is 24.2 Å². The van der Waals surface area contributed by atoms with Gasteiger partial charge in [-0.2, -0.15) is 0 Å². The van der Waals surface area contributed by atoms with Crippen LogP contribution in [-0.2, 0) is 0 Å². The lowest BCUT2D eigenvalue weighted by atomic mass is 10.0. The van der Waals surface area contributed by atoms with E-state index < -0.39 is 0 Å². The molecule has 0 fully saturated rings. The van der Waals surface area contributed by atoms with Gasteiger partial charge < -0.3 is 10.2 Å². The van der Waals surface area contributed by atoms with E-state index in [4.69, 9.17) is 0 Å². The number of nitrogens with zero attached hydrogens (tertiary/aromatic N) is 2. The van der Waals surface area contributed by atoms with Crippen LogP contribution in [-0.4, -0.2) is 37.1 Å². The van der Waals surface area contributed by atoms with Crippen LogP contribution in [0.1, 0.15) is 24.9 Å². The fourth-order valence-electron chi connectivity index (χ4n) is 2.28. The molecular formula is C16H23N3. The highest BCUT2D eigenvalue weighted by atomic mass is 15.1. The number of rotatable bonds is 6. The molecule has 0 aliphatic carbocycles. The van der Waals surface area contributed by atoms with Crippen molar-refractivity contribution >= 4 is 10.9 Å². The average molecular weight is 257 g/mol. The Morgan fingerprint density at radius 3 is 2.84 bits per heavy atom. The first kappa shape index (κ1) is 14.0. The minimum Gasteiger partial charge on any atom is -0.309 e. The molecule has 3 nitrogen and oxygen atoms in total. The Balaban J connectivity index is 2.26. The second kappa shape index (κ2) is 6.64. The van der Waals surface area contributed by atoms with Crippen molar-refractivity contribution in [3.63, 3.8) is 0 Å². The Bertz CT molecular complexity index is 522. The summed E-state index contributed by atoms with van der Waals surface area (Å²) in [4.78, 5) is 6.60. The summed E-state index contributed by atoms with van der Waals surface area (Å²) < 4.78 is 0. The highest BCUT2D eigenvalue weighted by molar-refractivity contribution is 5.79. The van der Waals surface area contributed by atoms with E-state index in [0.717, 1.165) is 25.0 Å². The third-order valence-corrected chi connectivity index (χ3v) is 3.22. The van der Waals surface area contributed by atoms with E-state index >= 15 is 0 Å². The van der Waals surface area contributed by atoms with Crippen LogP contribution in [0.4, 0.5) is 0 Å². The summed E-state index contributed by atoms with van der Waals surface area (Å²) in [5.74, 6) is 0. The van der Waals surface area contributed by atoms with Gasteiger partial charge in [-0.1, -0.05) is 19.1 Å². The maximum atomic E-state index is 4.37. The van der Waals surface area contributed by atoms with Gasteiger partial charge in [-0.25, -0.2) is 0 Å². The summed E-state index contributed by atoms with van der Waals surface area (Å²) in [6, 6.07) is 11.0. The molecule has 0 radical (unpaired) electrons. The Kier molecular flexibility index (Phi) is 4.88. The van der Waals surface area contributed by atoms with Crippen LogP contribution in [0.25, 0.3) is 10.9 Å². The minimum absolute atomic E-state index is 0.375. The summed E-state index contributed by atoms with van der Waals surface area (Å²) in [7, 11) is 4.23. The molecule has 0 aliphatic heterocycles. The highest BCUT2D eigenvalue weighted by Crippen LogP contribution is 2.19. The molecule has 2 rings (SSSR count). The quantitative estimate of drug-likeness (QED) is 0.862. The summed E-state index contributed by atoms with van der Waals surface area (Å²) in [6.07, 6.45) is 2.99. The summed E-state index contributed by atoms with van der Waals surface area (Å²) in [6.45, 7) is 4.25. The molecule has 3 heteroatoms. The van der Waals surface area contributed by atoms with Crippen LogP contribution in [0.3, 0.4) is 0 Å². The third-order valence-electron chi connectivity index (χ3n) is 3.22. The first-order valence-electron chi connectivity index (χ1n) is 6.93. The molecule has 19 heavy (non-hydrogen) atoms. The highest BCUT2D eigenvalue weighted by Gasteiger charge is 2.12. The van der Waals surface area contributed by atoms with E-state index in [1.165, 1.54) is 10.9 Å². The molecule has 0 amide bonds. The van der Waals surface area contributed by atoms with Gasteiger partial charge in [-0.15, -0.1) is 0 Å². The van der Waals surface area contributed by atoms with Gasteiger partial charge in [0.1, 0.15) is 0 Å². The Morgan fingerprint density at radius 2 is 2.11 bits per heavy atom. The lowest BCUT2D eigenvalue weighted by Crippen LogP contribution is -2.31. The molecule has 0 spiro atoms. The van der Waals surface area contributed by atoms with Crippen LogP contribution in [0.5, 0.6) is 0 Å². The molecule has 0 bridgehead atoms. The Labute approximate surface area is 115 Å². The normalized spacial score (nSPS) is 13.1. The molecule has 1 aromatic carbocycles. The van der Waals surface area contributed by atoms with Gasteiger partial charge in [-0.05, 0) is 50.8 Å². The molecule has 1 N–H and O–H groups in total. The van der Waals surface area contributed by atoms with Gasteiger partial charge >= 0.3 is 0 Å². The molecule has 1 atom stereocenters. The van der Waals surface area contributed by atoms with Crippen LogP contribution in [0, 0.1) is 0 Å². The van der Waals surface area contributed by atoms with E-state index in [1.54, 1.807) is 0 Å². The third kappa shape index (κ3) is 3.75. The SMILES string of the molecule is CCCNC(CN(C)C)c1ccc2ncccc2c1. The number of aromatic nitrogens is 1. The maximum absolute atomic E-state index is 4.37. The number of likely N-dealkylation sites (N-methyl/N-ethyl adjacent to an activating group) is 1. The van der Waals surface area contributed by atoms with E-state index in [0.29, 0.717) is 6.04 Å². The average Bonchev–Trinajstić information content (AvgIpc) is 2.42. The first-order valence-corrected chi connectivity index (χ1v) is 6.93. The van der Waals surface area contributed by atoms with Crippen molar-refractivity contribution in [2.75, 3.05) is 27.2 Å². The summed E-state index contributed by atoms with van der Waals surface area (Å²) in [5, 5.41) is 4.83. The fraction of sp³-hybridized carbons (Fsp3) is 0.438. The van der Waals surface area contributed by atoms with Gasteiger partial charge in [0.2, 0.25) is 0 Å². The molecule has 0 saturated carbocycles. The first-order chi connectivity index (χ1) is 9.20. The van der Waals surface area contributed by atoms with Gasteiger partial charge in [0.05, 0.1) is 5.52 Å². The predicted octanol–water partition coefficient (Wildman–Crippen LogP) is 2.84. The van der Waals surface area contributed by atoms with Crippen molar-refractivity contribution in [1.82, 2.24) is 15.2 Å². The second-order valence-electron chi connectivity index (χ2n) is 5.22. The molecule has 2 aromatic rings. The minimum atomic E-state index is 0.375. The summed E-state index contributed by atoms with van der Waals surface area (Å²) >= 11 is 0. The zero-order valence-electron chi connectivity index (χ0n) is 12.1. The monoisotopic (exact) mass is 257 g/mol. The van der Waals surface area contributed by atoms with Gasteiger partial charge in [0.25, 0.3) is 0 Å². The Hall–Kier alpha value is -1.45. The van der Waals surface area contributed by atoms with Crippen molar-refractivity contribution in [2.45, 2.75) is 19.4 Å². The van der Waals surface area contributed by atoms with Crippen LogP contribution in [0.15, 0.2) is 36.5 Å². The number of hydrogen-bond acceptors (Lipinski definition) is 3. The van der Waals surface area contributed by atoms with Crippen molar-refractivity contribution < 1.29 is 0 Å². The number of hydrogen-bond donors (Lipinski definition) is 1. The lowest BCUT2D eigenvalue weighted by Gasteiger charge is -2.23. The Morgan fingerprint density at radius 1 is 1.26 bits per heavy atom. The molecule has 1 aromatic heterocycles. The van der Waals surface area contributed by atoms with Crippen molar-refractivity contribution in [1.29, 1.82) is 0 Å². The molecule has 0 saturated heterocycles. The molecular weight excluding hydrogens is 234 g/mol. The molecule has 1 unspecified atom stereocenters. The van der Waals surface area contributed by atoms with Crippen LogP contribution >= 0.6 is 0 Å². The molecule has 0 aliphatic rings. The van der Waals surface area contributed by atoms with E-state index in [1.807, 2.05) is 12.3 Å². The van der Waals surface area contributed by atoms with E-state index in [9.17, 15) is 0 Å². The topological polar surface area (TPSA) is 28.2 Å². The van der Waals surface area contributed by atoms with Crippen molar-refractivity contribution in [3.8, 4) is 0 Å². The van der Waals surface area contributed by atoms with Crippen LogP contribution in [0.2, 0.25) is 0 Å². The molecule has 1 heterocycles. The largest absolute Gasteiger partial charge is 0.309 e. The van der Waals surface area contributed by atoms with Gasteiger partial charge in [-0.3, -0.25) is 4.98 Å². The van der Waals surface area contributed by atoms with E-state index in [2.05, 4.69) is 60.5 Å². The lowest BCUT2D eigenvalue weighted by molar-refractivity contribution is 0.342. The molecule has 102 valence electrons. The number of fused-ring (bicyclic) bond motifs is 1. The number of benzene rings is 1. The predicted molar refractivity (Wildman–Crippen MR) is 81.3 cm³/mol. The fourth-order valence-corrected chi connectivity index (χ4v) is 2.28. The number of pyridine rings is 1. The van der Waals surface area contributed by atoms with Crippen molar-refractivity contribution in [2.24, 2.45) is 0 Å². The van der Waals surface area contributed by atoms with Crippen molar-refractivity contribution in [3.05, 3.63) is 42.1 Å². The zero-order valence-corrected chi connectivity index (χ0v) is 12.1. The standard InChI is InChI=1S/C16H23N3/c1-4-9-17-16(12-19(2)3)14-7-8-15-13(11-14)6-5-10-18-15/h5-8,10-11,16-17H,4,9,12H2,1-3H3. The zero-order chi connectivity index (χ0) is 13.7. The van der Waals surface area contributed by atoms with Gasteiger partial charge in [0.15, 0.2) is 0 Å².